The molecule has 0 radical (unpaired) electrons. The first-order valence-electron chi connectivity index (χ1n) is 6.64. The topological polar surface area (TPSA) is 92.4 Å². The molecule has 6 nitrogen and oxygen atoms in total. The molecule has 1 aromatic carbocycles. The van der Waals surface area contributed by atoms with Gasteiger partial charge in [0.1, 0.15) is 5.52 Å². The summed E-state index contributed by atoms with van der Waals surface area (Å²) in [7, 11) is 0. The Morgan fingerprint density at radius 3 is 2.81 bits per heavy atom. The highest BCUT2D eigenvalue weighted by Gasteiger charge is 2.50. The first-order chi connectivity index (χ1) is 10.1. The number of amides is 1. The third-order valence-electron chi connectivity index (χ3n) is 3.60. The van der Waals surface area contributed by atoms with Crippen LogP contribution in [0.5, 0.6) is 0 Å². The molecular weight excluding hydrogens is 272 g/mol. The number of aliphatic carboxylic acids is 1. The van der Waals surface area contributed by atoms with Crippen molar-refractivity contribution in [3.63, 3.8) is 0 Å². The summed E-state index contributed by atoms with van der Waals surface area (Å²) in [5, 5.41) is 11.6. The molecule has 0 saturated heterocycles. The van der Waals surface area contributed by atoms with Crippen molar-refractivity contribution in [2.24, 2.45) is 5.41 Å². The molecule has 0 unspecified atom stereocenters. The lowest BCUT2D eigenvalue weighted by Gasteiger charge is -2.09. The molecule has 1 aliphatic rings. The van der Waals surface area contributed by atoms with E-state index in [9.17, 15) is 9.59 Å². The lowest BCUT2D eigenvalue weighted by Crippen LogP contribution is -2.33. The maximum atomic E-state index is 11.7. The number of carboxylic acids is 1. The fourth-order valence-electron chi connectivity index (χ4n) is 2.04. The summed E-state index contributed by atoms with van der Waals surface area (Å²) in [5.41, 5.74) is 0.613. The molecule has 1 amide bonds. The average molecular weight is 286 g/mol. The molecule has 108 valence electrons. The Hall–Kier alpha value is -2.63. The second-order valence-corrected chi connectivity index (χ2v) is 5.16. The molecule has 21 heavy (non-hydrogen) atoms. The quantitative estimate of drug-likeness (QED) is 0.818. The van der Waals surface area contributed by atoms with E-state index >= 15 is 0 Å². The van der Waals surface area contributed by atoms with Gasteiger partial charge < -0.3 is 14.8 Å². The zero-order valence-electron chi connectivity index (χ0n) is 11.2. The maximum Gasteiger partial charge on any atom is 0.311 e. The first kappa shape index (κ1) is 13.4. The summed E-state index contributed by atoms with van der Waals surface area (Å²) in [5.74, 6) is -0.874. The SMILES string of the molecule is O=C(/C=C/c1nc2ccccc2o1)NCC1(C(=O)O)CC1. The van der Waals surface area contributed by atoms with Gasteiger partial charge in [0, 0.05) is 18.7 Å². The molecule has 2 aromatic rings. The Bertz CT molecular complexity index is 695. The zero-order valence-corrected chi connectivity index (χ0v) is 11.2. The predicted octanol–water partition coefficient (Wildman–Crippen LogP) is 1.82. The molecule has 0 aliphatic heterocycles. The van der Waals surface area contributed by atoms with Crippen molar-refractivity contribution >= 4 is 29.1 Å². The van der Waals surface area contributed by atoms with E-state index in [1.165, 1.54) is 12.2 Å². The second kappa shape index (κ2) is 5.05. The highest BCUT2D eigenvalue weighted by molar-refractivity contribution is 5.92. The number of hydrogen-bond donors (Lipinski definition) is 2. The van der Waals surface area contributed by atoms with Crippen LogP contribution in [0.1, 0.15) is 18.7 Å². The molecule has 0 spiro atoms. The molecule has 3 rings (SSSR count). The van der Waals surface area contributed by atoms with Gasteiger partial charge >= 0.3 is 5.97 Å². The van der Waals surface area contributed by atoms with E-state index in [1.54, 1.807) is 6.07 Å². The molecule has 0 bridgehead atoms. The van der Waals surface area contributed by atoms with Gasteiger partial charge in [-0.25, -0.2) is 4.98 Å². The minimum absolute atomic E-state index is 0.152. The maximum absolute atomic E-state index is 11.7. The Balaban J connectivity index is 1.60. The first-order valence-corrected chi connectivity index (χ1v) is 6.64. The number of carboxylic acid groups (broad SMARTS) is 1. The monoisotopic (exact) mass is 286 g/mol. The fraction of sp³-hybridized carbons (Fsp3) is 0.267. The molecule has 0 atom stereocenters. The molecule has 1 aliphatic carbocycles. The number of nitrogens with zero attached hydrogens (tertiary/aromatic N) is 1. The van der Waals surface area contributed by atoms with E-state index in [-0.39, 0.29) is 12.5 Å². The number of aromatic nitrogens is 1. The number of nitrogens with one attached hydrogen (secondary N) is 1. The van der Waals surface area contributed by atoms with E-state index < -0.39 is 11.4 Å². The standard InChI is InChI=1S/C15H14N2O4/c18-12(16-9-15(7-8-15)14(19)20)5-6-13-17-10-3-1-2-4-11(10)21-13/h1-6H,7-9H2,(H,16,18)(H,19,20)/b6-5+. The van der Waals surface area contributed by atoms with Crippen LogP contribution in [0.4, 0.5) is 0 Å². The van der Waals surface area contributed by atoms with Crippen molar-refractivity contribution in [2.45, 2.75) is 12.8 Å². The van der Waals surface area contributed by atoms with E-state index in [2.05, 4.69) is 10.3 Å². The van der Waals surface area contributed by atoms with Crippen LogP contribution in [0.25, 0.3) is 17.2 Å². The fourth-order valence-corrected chi connectivity index (χ4v) is 2.04. The highest BCUT2D eigenvalue weighted by Crippen LogP contribution is 2.45. The number of fused-ring (bicyclic) bond motifs is 1. The summed E-state index contributed by atoms with van der Waals surface area (Å²) in [4.78, 5) is 26.9. The normalized spacial score (nSPS) is 16.2. The third kappa shape index (κ3) is 2.79. The van der Waals surface area contributed by atoms with Crippen LogP contribution in [-0.2, 0) is 9.59 Å². The zero-order chi connectivity index (χ0) is 14.9. The number of carbonyl (C=O) groups is 2. The van der Waals surface area contributed by atoms with Gasteiger partial charge in [0.05, 0.1) is 5.41 Å². The number of carbonyl (C=O) groups excluding carboxylic acids is 1. The summed E-state index contributed by atoms with van der Waals surface area (Å²) < 4.78 is 5.44. The molecule has 1 heterocycles. The largest absolute Gasteiger partial charge is 0.481 e. The number of rotatable bonds is 5. The van der Waals surface area contributed by atoms with Gasteiger partial charge in [0.15, 0.2) is 5.58 Å². The summed E-state index contributed by atoms with van der Waals surface area (Å²) >= 11 is 0. The molecule has 1 fully saturated rings. The molecular formula is C15H14N2O4. The Kier molecular flexibility index (Phi) is 3.21. The van der Waals surface area contributed by atoms with Crippen LogP contribution in [-0.4, -0.2) is 28.5 Å². The van der Waals surface area contributed by atoms with Crippen LogP contribution in [0.2, 0.25) is 0 Å². The Morgan fingerprint density at radius 1 is 1.38 bits per heavy atom. The lowest BCUT2D eigenvalue weighted by molar-refractivity contribution is -0.143. The van der Waals surface area contributed by atoms with Gasteiger partial charge in [-0.15, -0.1) is 0 Å². The minimum atomic E-state index is -0.856. The number of hydrogen-bond acceptors (Lipinski definition) is 4. The van der Waals surface area contributed by atoms with Crippen LogP contribution < -0.4 is 5.32 Å². The van der Waals surface area contributed by atoms with E-state index in [1.807, 2.05) is 18.2 Å². The smallest absolute Gasteiger partial charge is 0.311 e. The van der Waals surface area contributed by atoms with E-state index in [4.69, 9.17) is 9.52 Å². The Labute approximate surface area is 120 Å². The van der Waals surface area contributed by atoms with Crippen molar-refractivity contribution in [2.75, 3.05) is 6.54 Å². The molecule has 1 saturated carbocycles. The number of para-hydroxylation sites is 2. The number of oxazole rings is 1. The van der Waals surface area contributed by atoms with Crippen molar-refractivity contribution in [3.05, 3.63) is 36.2 Å². The summed E-state index contributed by atoms with van der Waals surface area (Å²) in [6, 6.07) is 7.31. The van der Waals surface area contributed by atoms with Gasteiger partial charge in [0.25, 0.3) is 0 Å². The number of benzene rings is 1. The van der Waals surface area contributed by atoms with Gasteiger partial charge in [-0.05, 0) is 25.0 Å². The van der Waals surface area contributed by atoms with Gasteiger partial charge in [-0.1, -0.05) is 12.1 Å². The molecule has 1 aromatic heterocycles. The predicted molar refractivity (Wildman–Crippen MR) is 75.4 cm³/mol. The van der Waals surface area contributed by atoms with E-state index in [0.717, 1.165) is 5.52 Å². The van der Waals surface area contributed by atoms with E-state index in [0.29, 0.717) is 24.3 Å². The second-order valence-electron chi connectivity index (χ2n) is 5.16. The summed E-state index contributed by atoms with van der Waals surface area (Å²) in [6.45, 7) is 0.152. The van der Waals surface area contributed by atoms with Crippen molar-refractivity contribution < 1.29 is 19.1 Å². The van der Waals surface area contributed by atoms with Gasteiger partial charge in [-0.3, -0.25) is 9.59 Å². The van der Waals surface area contributed by atoms with Crippen LogP contribution >= 0.6 is 0 Å². The highest BCUT2D eigenvalue weighted by atomic mass is 16.4. The van der Waals surface area contributed by atoms with Crippen molar-refractivity contribution in [1.82, 2.24) is 10.3 Å². The molecule has 6 heteroatoms. The lowest BCUT2D eigenvalue weighted by atomic mass is 10.1. The van der Waals surface area contributed by atoms with Gasteiger partial charge in [0.2, 0.25) is 11.8 Å². The molecule has 2 N–H and O–H groups in total. The van der Waals surface area contributed by atoms with Crippen molar-refractivity contribution in [3.8, 4) is 0 Å². The van der Waals surface area contributed by atoms with Crippen LogP contribution in [0.3, 0.4) is 0 Å². The third-order valence-corrected chi connectivity index (χ3v) is 3.60. The van der Waals surface area contributed by atoms with Crippen molar-refractivity contribution in [1.29, 1.82) is 0 Å². The Morgan fingerprint density at radius 2 is 2.14 bits per heavy atom. The van der Waals surface area contributed by atoms with Gasteiger partial charge in [-0.2, -0.15) is 0 Å². The summed E-state index contributed by atoms with van der Waals surface area (Å²) in [6.07, 6.45) is 3.98. The van der Waals surface area contributed by atoms with Crippen LogP contribution in [0.15, 0.2) is 34.8 Å². The average Bonchev–Trinajstić information content (AvgIpc) is 3.15. The minimum Gasteiger partial charge on any atom is -0.481 e. The van der Waals surface area contributed by atoms with Crippen LogP contribution in [0, 0.1) is 5.41 Å².